The van der Waals surface area contributed by atoms with Crippen molar-refractivity contribution in [3.8, 4) is 0 Å². The summed E-state index contributed by atoms with van der Waals surface area (Å²) >= 11 is 0. The molecule has 1 aromatic carbocycles. The van der Waals surface area contributed by atoms with Gasteiger partial charge in [-0.1, -0.05) is 6.07 Å². The van der Waals surface area contributed by atoms with Gasteiger partial charge < -0.3 is 14.1 Å². The molecule has 2 aromatic rings. The molecule has 1 atom stereocenters. The van der Waals surface area contributed by atoms with Gasteiger partial charge in [-0.05, 0) is 24.6 Å². The van der Waals surface area contributed by atoms with E-state index in [0.29, 0.717) is 30.4 Å². The Kier molecular flexibility index (Phi) is 4.57. The third-order valence-corrected chi connectivity index (χ3v) is 4.03. The zero-order valence-corrected chi connectivity index (χ0v) is 13.3. The zero-order valence-electron chi connectivity index (χ0n) is 13.3. The van der Waals surface area contributed by atoms with E-state index in [0.717, 1.165) is 12.1 Å². The van der Waals surface area contributed by atoms with Crippen molar-refractivity contribution in [3.63, 3.8) is 0 Å². The van der Waals surface area contributed by atoms with Gasteiger partial charge >= 0.3 is 0 Å². The van der Waals surface area contributed by atoms with Crippen molar-refractivity contribution >= 4 is 5.91 Å². The van der Waals surface area contributed by atoms with Gasteiger partial charge in [0, 0.05) is 20.0 Å². The van der Waals surface area contributed by atoms with Crippen LogP contribution < -0.4 is 0 Å². The second kappa shape index (κ2) is 6.64. The van der Waals surface area contributed by atoms with Crippen molar-refractivity contribution < 1.29 is 22.7 Å². The smallest absolute Gasteiger partial charge is 0.242 e. The first-order valence-electron chi connectivity index (χ1n) is 7.58. The van der Waals surface area contributed by atoms with Gasteiger partial charge in [0.2, 0.25) is 17.7 Å². The van der Waals surface area contributed by atoms with Crippen molar-refractivity contribution in [1.29, 1.82) is 0 Å². The van der Waals surface area contributed by atoms with Crippen LogP contribution in [0.3, 0.4) is 0 Å². The molecular formula is C16H17F2N3O3. The van der Waals surface area contributed by atoms with E-state index >= 15 is 0 Å². The van der Waals surface area contributed by atoms with Crippen LogP contribution in [0.5, 0.6) is 0 Å². The van der Waals surface area contributed by atoms with Crippen molar-refractivity contribution in [2.45, 2.75) is 32.5 Å². The number of aromatic nitrogens is 2. The molecule has 2 heterocycles. The van der Waals surface area contributed by atoms with Gasteiger partial charge in [0.1, 0.15) is 6.61 Å². The molecule has 6 nitrogen and oxygen atoms in total. The quantitative estimate of drug-likeness (QED) is 0.837. The van der Waals surface area contributed by atoms with Crippen LogP contribution in [0.15, 0.2) is 22.6 Å². The van der Waals surface area contributed by atoms with Crippen LogP contribution >= 0.6 is 0 Å². The molecule has 1 fully saturated rings. The van der Waals surface area contributed by atoms with Crippen LogP contribution in [0.25, 0.3) is 0 Å². The number of hydrogen-bond acceptors (Lipinski definition) is 5. The zero-order chi connectivity index (χ0) is 17.3. The highest BCUT2D eigenvalue weighted by Gasteiger charge is 2.29. The summed E-state index contributed by atoms with van der Waals surface area (Å²) in [5, 5.41) is 7.83. The molecule has 24 heavy (non-hydrogen) atoms. The fourth-order valence-corrected chi connectivity index (χ4v) is 2.41. The lowest BCUT2D eigenvalue weighted by Gasteiger charge is -2.37. The van der Waals surface area contributed by atoms with Gasteiger partial charge in [-0.2, -0.15) is 0 Å². The summed E-state index contributed by atoms with van der Waals surface area (Å²) in [6.07, 6.45) is -0.0344. The summed E-state index contributed by atoms with van der Waals surface area (Å²) in [5.41, 5.74) is 0.543. The molecule has 1 aromatic heterocycles. The lowest BCUT2D eigenvalue weighted by Crippen LogP contribution is -2.53. The molecule has 0 saturated carbocycles. The monoisotopic (exact) mass is 337 g/mol. The first-order valence-corrected chi connectivity index (χ1v) is 7.58. The maximum Gasteiger partial charge on any atom is 0.242 e. The third-order valence-electron chi connectivity index (χ3n) is 4.03. The predicted octanol–water partition coefficient (Wildman–Crippen LogP) is 2.25. The lowest BCUT2D eigenvalue weighted by molar-refractivity contribution is -0.143. The van der Waals surface area contributed by atoms with Crippen LogP contribution in [-0.4, -0.2) is 40.2 Å². The van der Waals surface area contributed by atoms with E-state index in [2.05, 4.69) is 10.2 Å². The summed E-state index contributed by atoms with van der Waals surface area (Å²) in [7, 11) is 0. The Hall–Kier alpha value is -2.35. The van der Waals surface area contributed by atoms with Crippen LogP contribution in [-0.2, 0) is 16.1 Å². The number of likely N-dealkylation sites (tertiary alicyclic amines) is 1. The molecule has 1 saturated heterocycles. The van der Waals surface area contributed by atoms with E-state index in [1.54, 1.807) is 11.8 Å². The molecule has 0 radical (unpaired) electrons. The topological polar surface area (TPSA) is 68.5 Å². The fraction of sp³-hybridized carbons (Fsp3) is 0.438. The van der Waals surface area contributed by atoms with Crippen LogP contribution in [0.4, 0.5) is 8.78 Å². The first-order chi connectivity index (χ1) is 11.4. The Morgan fingerprint density at radius 1 is 1.38 bits per heavy atom. The number of carbonyl (C=O) groups excluding carboxylic acids is 1. The Morgan fingerprint density at radius 2 is 2.12 bits per heavy atom. The molecule has 0 aliphatic carbocycles. The lowest BCUT2D eigenvalue weighted by atomic mass is 10.0. The highest BCUT2D eigenvalue weighted by atomic mass is 19.2. The van der Waals surface area contributed by atoms with Crippen LogP contribution in [0.2, 0.25) is 0 Å². The van der Waals surface area contributed by atoms with Crippen molar-refractivity contribution in [3.05, 3.63) is 47.2 Å². The van der Waals surface area contributed by atoms with E-state index in [-0.39, 0.29) is 24.5 Å². The summed E-state index contributed by atoms with van der Waals surface area (Å²) in [6.45, 7) is 4.54. The largest absolute Gasteiger partial charge is 0.422 e. The Balaban J connectivity index is 1.57. The highest BCUT2D eigenvalue weighted by molar-refractivity contribution is 5.74. The standard InChI is InChI=1S/C16H17F2N3O3/c1-9(11-3-4-13(17)14(18)5-11)16-20-19-15(24-16)8-23-12-6-21(7-12)10(2)22/h3-5,9,12H,6-8H2,1-2H3. The molecule has 1 aliphatic rings. The number of benzene rings is 1. The molecule has 1 unspecified atom stereocenters. The molecule has 1 aliphatic heterocycles. The number of ether oxygens (including phenoxy) is 1. The molecule has 0 N–H and O–H groups in total. The number of hydrogen-bond donors (Lipinski definition) is 0. The third kappa shape index (κ3) is 3.43. The second-order valence-corrected chi connectivity index (χ2v) is 5.79. The van der Waals surface area contributed by atoms with Gasteiger partial charge in [-0.15, -0.1) is 10.2 Å². The molecule has 0 bridgehead atoms. The summed E-state index contributed by atoms with van der Waals surface area (Å²) in [6, 6.07) is 3.66. The van der Waals surface area contributed by atoms with Crippen molar-refractivity contribution in [2.75, 3.05) is 13.1 Å². The molecule has 1 amide bonds. The second-order valence-electron chi connectivity index (χ2n) is 5.79. The van der Waals surface area contributed by atoms with Gasteiger partial charge in [0.15, 0.2) is 11.6 Å². The number of halogens is 2. The van der Waals surface area contributed by atoms with Crippen LogP contribution in [0, 0.1) is 11.6 Å². The Labute approximate surface area is 137 Å². The van der Waals surface area contributed by atoms with E-state index in [1.165, 1.54) is 13.0 Å². The van der Waals surface area contributed by atoms with Crippen LogP contribution in [0.1, 0.15) is 37.1 Å². The first kappa shape index (κ1) is 16.5. The predicted molar refractivity (Wildman–Crippen MR) is 79.0 cm³/mol. The fourth-order valence-electron chi connectivity index (χ4n) is 2.41. The average molecular weight is 337 g/mol. The molecule has 3 rings (SSSR count). The average Bonchev–Trinajstić information content (AvgIpc) is 2.96. The highest BCUT2D eigenvalue weighted by Crippen LogP contribution is 2.24. The summed E-state index contributed by atoms with van der Waals surface area (Å²) < 4.78 is 37.4. The van der Waals surface area contributed by atoms with Gasteiger partial charge in [0.25, 0.3) is 0 Å². The normalized spacial score (nSPS) is 16.1. The summed E-state index contributed by atoms with van der Waals surface area (Å²) in [5.74, 6) is -1.54. The van der Waals surface area contributed by atoms with Gasteiger partial charge in [0.05, 0.1) is 12.0 Å². The Bertz CT molecular complexity index is 744. The number of nitrogens with zero attached hydrogens (tertiary/aromatic N) is 3. The number of rotatable bonds is 5. The van der Waals surface area contributed by atoms with Crippen molar-refractivity contribution in [2.24, 2.45) is 0 Å². The molecule has 8 heteroatoms. The SMILES string of the molecule is CC(=O)N1CC(OCc2nnc(C(C)c3ccc(F)c(F)c3)o2)C1. The van der Waals surface area contributed by atoms with Gasteiger partial charge in [-0.3, -0.25) is 4.79 Å². The van der Waals surface area contributed by atoms with E-state index in [1.807, 2.05) is 0 Å². The van der Waals surface area contributed by atoms with E-state index in [9.17, 15) is 13.6 Å². The minimum Gasteiger partial charge on any atom is -0.422 e. The number of amides is 1. The molecular weight excluding hydrogens is 320 g/mol. The van der Waals surface area contributed by atoms with E-state index in [4.69, 9.17) is 9.15 Å². The summed E-state index contributed by atoms with van der Waals surface area (Å²) in [4.78, 5) is 12.8. The molecule has 128 valence electrons. The number of carbonyl (C=O) groups is 1. The maximum atomic E-state index is 13.3. The maximum absolute atomic E-state index is 13.3. The Morgan fingerprint density at radius 3 is 2.79 bits per heavy atom. The minimum atomic E-state index is -0.914. The van der Waals surface area contributed by atoms with Crippen molar-refractivity contribution in [1.82, 2.24) is 15.1 Å². The van der Waals surface area contributed by atoms with Gasteiger partial charge in [-0.25, -0.2) is 8.78 Å². The minimum absolute atomic E-state index is 0.0234. The molecule has 0 spiro atoms. The van der Waals surface area contributed by atoms with E-state index < -0.39 is 11.6 Å².